The van der Waals surface area contributed by atoms with E-state index in [9.17, 15) is 0 Å². The predicted octanol–water partition coefficient (Wildman–Crippen LogP) is 13.2. The molecular formula is C51H33N3. The van der Waals surface area contributed by atoms with Gasteiger partial charge in [-0.15, -0.1) is 0 Å². The molecule has 3 nitrogen and oxygen atoms in total. The van der Waals surface area contributed by atoms with Crippen LogP contribution in [0.3, 0.4) is 0 Å². The summed E-state index contributed by atoms with van der Waals surface area (Å²) in [5, 5.41) is 0. The Hall–Kier alpha value is -7.23. The molecule has 0 N–H and O–H groups in total. The Labute approximate surface area is 315 Å². The van der Waals surface area contributed by atoms with Crippen molar-refractivity contribution in [2.75, 3.05) is 0 Å². The maximum atomic E-state index is 5.06. The Balaban J connectivity index is 1.02. The van der Waals surface area contributed by atoms with Gasteiger partial charge >= 0.3 is 0 Å². The van der Waals surface area contributed by atoms with Crippen molar-refractivity contribution in [2.24, 2.45) is 0 Å². The number of hydrogen-bond donors (Lipinski definition) is 0. The molecule has 0 saturated carbocycles. The molecule has 0 saturated heterocycles. The van der Waals surface area contributed by atoms with E-state index in [0.29, 0.717) is 17.5 Å². The number of benzene rings is 3. The van der Waals surface area contributed by atoms with E-state index in [-0.39, 0.29) is 0 Å². The molecule has 0 spiro atoms. The van der Waals surface area contributed by atoms with Crippen LogP contribution in [0.2, 0.25) is 0 Å². The monoisotopic (exact) mass is 687 g/mol. The summed E-state index contributed by atoms with van der Waals surface area (Å²) in [6.07, 6.45) is 0. The third-order valence-corrected chi connectivity index (χ3v) is 10.4. The zero-order valence-electron chi connectivity index (χ0n) is 29.4. The lowest BCUT2D eigenvalue weighted by atomic mass is 10.0. The van der Waals surface area contributed by atoms with Crippen LogP contribution in [0.4, 0.5) is 0 Å². The van der Waals surface area contributed by atoms with E-state index in [1.165, 1.54) is 33.4 Å². The highest BCUT2D eigenvalue weighted by molar-refractivity contribution is 5.77. The first-order chi connectivity index (χ1) is 26.7. The Morgan fingerprint density at radius 3 is 0.444 bits per heavy atom. The van der Waals surface area contributed by atoms with Gasteiger partial charge in [0.25, 0.3) is 0 Å². The normalized spacial score (nSPS) is 11.3. The van der Waals surface area contributed by atoms with E-state index in [1.807, 2.05) is 0 Å². The molecular weight excluding hydrogens is 655 g/mol. The third-order valence-electron chi connectivity index (χ3n) is 10.4. The Kier molecular flexibility index (Phi) is 7.81. The maximum absolute atomic E-state index is 5.06. The molecule has 0 radical (unpaired) electrons. The third kappa shape index (κ3) is 6.08. The van der Waals surface area contributed by atoms with Gasteiger partial charge < -0.3 is 0 Å². The number of fused-ring (bicyclic) bond motifs is 3. The van der Waals surface area contributed by atoms with Gasteiger partial charge in [0.05, 0.1) is 0 Å². The number of hydrogen-bond acceptors (Lipinski definition) is 3. The Bertz CT molecular complexity index is 2390. The minimum absolute atomic E-state index is 0.634. The maximum Gasteiger partial charge on any atom is 0.164 e. The summed E-state index contributed by atoms with van der Waals surface area (Å²) >= 11 is 0. The smallest absolute Gasteiger partial charge is 0.164 e. The lowest BCUT2D eigenvalue weighted by Gasteiger charge is -2.10. The topological polar surface area (TPSA) is 38.7 Å². The average Bonchev–Trinajstić information content (AvgIpc) is 3.90. The number of aromatic nitrogens is 3. The van der Waals surface area contributed by atoms with Gasteiger partial charge in [0, 0.05) is 16.7 Å². The second kappa shape index (κ2) is 13.4. The van der Waals surface area contributed by atoms with Crippen molar-refractivity contribution in [3.63, 3.8) is 0 Å². The molecule has 0 aliphatic heterocycles. The van der Waals surface area contributed by atoms with E-state index in [2.05, 4.69) is 200 Å². The van der Waals surface area contributed by atoms with E-state index in [1.54, 1.807) is 0 Å². The second-order valence-electron chi connectivity index (χ2n) is 13.7. The summed E-state index contributed by atoms with van der Waals surface area (Å²) in [6.45, 7) is 0. The molecule has 252 valence electrons. The molecule has 54 heavy (non-hydrogen) atoms. The molecule has 1 heterocycles. The van der Waals surface area contributed by atoms with Crippen molar-refractivity contribution in [1.82, 2.24) is 15.0 Å². The van der Waals surface area contributed by atoms with Gasteiger partial charge in [0.1, 0.15) is 0 Å². The fourth-order valence-corrected chi connectivity index (χ4v) is 7.27. The highest BCUT2D eigenvalue weighted by Crippen LogP contribution is 2.32. The summed E-state index contributed by atoms with van der Waals surface area (Å²) in [6, 6.07) is 70.8. The minimum atomic E-state index is 0.634. The van der Waals surface area contributed by atoms with E-state index in [4.69, 9.17) is 15.0 Å². The first-order valence-electron chi connectivity index (χ1n) is 18.3. The van der Waals surface area contributed by atoms with Crippen molar-refractivity contribution in [2.45, 2.75) is 0 Å². The molecule has 1 aromatic heterocycles. The van der Waals surface area contributed by atoms with Crippen LogP contribution < -0.4 is 0 Å². The minimum Gasteiger partial charge on any atom is -0.208 e. The molecule has 4 aromatic rings. The summed E-state index contributed by atoms with van der Waals surface area (Å²) in [5.74, 6) is 1.90. The SMILES string of the molecule is c1cc2ccc(-c3ccc(-c4nc(-c5ccc(-c6ccc7cccc-7cc6)cc5)nc(-c5ccc(-c6ccc7cccc-7cc6)cc5)n4)cc3)ccc-2c1. The predicted molar refractivity (Wildman–Crippen MR) is 222 cm³/mol. The summed E-state index contributed by atoms with van der Waals surface area (Å²) in [4.78, 5) is 15.2. The van der Waals surface area contributed by atoms with Crippen LogP contribution in [-0.4, -0.2) is 15.0 Å². The standard InChI is InChI=1S/C51H33N3/c1-4-34-10-16-40(17-11-35(34)5-1)43-22-28-46(29-23-43)49-52-50(47-30-24-44(25-31-47)41-18-12-36-6-2-7-37(36)13-19-41)54-51(53-49)48-32-26-45(27-33-48)42-20-14-38-8-3-9-39(38)15-21-42/h1-33H. The van der Waals surface area contributed by atoms with Gasteiger partial charge in [-0.2, -0.15) is 0 Å². The Morgan fingerprint density at radius 1 is 0.148 bits per heavy atom. The number of nitrogens with zero attached hydrogens (tertiary/aromatic N) is 3. The molecule has 0 fully saturated rings. The van der Waals surface area contributed by atoms with Crippen molar-refractivity contribution in [1.29, 1.82) is 0 Å². The van der Waals surface area contributed by atoms with Crippen LogP contribution >= 0.6 is 0 Å². The molecule has 3 aromatic carbocycles. The van der Waals surface area contributed by atoms with E-state index < -0.39 is 0 Å². The van der Waals surface area contributed by atoms with Crippen LogP contribution in [0.1, 0.15) is 0 Å². The highest BCUT2D eigenvalue weighted by Gasteiger charge is 2.14. The molecule has 6 aliphatic carbocycles. The molecule has 0 atom stereocenters. The van der Waals surface area contributed by atoms with E-state index >= 15 is 0 Å². The van der Waals surface area contributed by atoms with Gasteiger partial charge in [0.2, 0.25) is 0 Å². The van der Waals surface area contributed by atoms with Crippen molar-refractivity contribution < 1.29 is 0 Å². The van der Waals surface area contributed by atoms with Gasteiger partial charge in [-0.25, -0.2) is 15.0 Å². The van der Waals surface area contributed by atoms with Crippen LogP contribution in [-0.2, 0) is 0 Å². The Morgan fingerprint density at radius 2 is 0.278 bits per heavy atom. The lowest BCUT2D eigenvalue weighted by Crippen LogP contribution is -2.00. The van der Waals surface area contributed by atoms with Crippen molar-refractivity contribution in [3.05, 3.63) is 200 Å². The van der Waals surface area contributed by atoms with Crippen LogP contribution in [0, 0.1) is 0 Å². The van der Waals surface area contributed by atoms with Crippen molar-refractivity contribution >= 4 is 0 Å². The summed E-state index contributed by atoms with van der Waals surface area (Å²) in [7, 11) is 0. The van der Waals surface area contributed by atoms with Gasteiger partial charge in [-0.05, 0) is 66.8 Å². The number of rotatable bonds is 6. The molecule has 0 bridgehead atoms. The van der Waals surface area contributed by atoms with Gasteiger partial charge in [-0.1, -0.05) is 200 Å². The second-order valence-corrected chi connectivity index (χ2v) is 13.7. The van der Waals surface area contributed by atoms with Crippen LogP contribution in [0.25, 0.3) is 101 Å². The quantitative estimate of drug-likeness (QED) is 0.175. The van der Waals surface area contributed by atoms with Gasteiger partial charge in [0.15, 0.2) is 17.5 Å². The van der Waals surface area contributed by atoms with Crippen LogP contribution in [0.15, 0.2) is 200 Å². The van der Waals surface area contributed by atoms with E-state index in [0.717, 1.165) is 50.1 Å². The zero-order valence-corrected chi connectivity index (χ0v) is 29.4. The molecule has 0 unspecified atom stereocenters. The van der Waals surface area contributed by atoms with Crippen LogP contribution in [0.5, 0.6) is 0 Å². The van der Waals surface area contributed by atoms with Gasteiger partial charge in [-0.3, -0.25) is 0 Å². The fourth-order valence-electron chi connectivity index (χ4n) is 7.27. The molecule has 10 rings (SSSR count). The molecule has 3 heteroatoms. The first-order valence-corrected chi connectivity index (χ1v) is 18.3. The first kappa shape index (κ1) is 31.5. The largest absolute Gasteiger partial charge is 0.208 e. The van der Waals surface area contributed by atoms with Crippen molar-refractivity contribution in [3.8, 4) is 101 Å². The average molecular weight is 688 g/mol. The lowest BCUT2D eigenvalue weighted by molar-refractivity contribution is 1.07. The fraction of sp³-hybridized carbons (Fsp3) is 0. The zero-order chi connectivity index (χ0) is 35.8. The molecule has 0 amide bonds. The summed E-state index contributed by atoms with van der Waals surface area (Å²) in [5.41, 5.74) is 17.1. The highest BCUT2D eigenvalue weighted by atomic mass is 15.0. The summed E-state index contributed by atoms with van der Waals surface area (Å²) < 4.78 is 0. The molecule has 6 aliphatic rings.